The van der Waals surface area contributed by atoms with Crippen LogP contribution in [0.4, 0.5) is 0 Å². The Hall–Kier alpha value is -2.81. The molecule has 22 heavy (non-hydrogen) atoms. The molecular weight excluding hydrogens is 286 g/mol. The Balaban J connectivity index is 0.000000545. The molecule has 3 aromatic carbocycles. The molecule has 0 saturated carbocycles. The summed E-state index contributed by atoms with van der Waals surface area (Å²) < 4.78 is 0. The van der Waals surface area contributed by atoms with E-state index in [9.17, 15) is 0 Å². The Kier molecular flexibility index (Phi) is 5.99. The first kappa shape index (κ1) is 15.6. The van der Waals surface area contributed by atoms with Crippen molar-refractivity contribution >= 4 is 24.4 Å². The summed E-state index contributed by atoms with van der Waals surface area (Å²) in [6, 6.07) is 32.7. The molecule has 0 bridgehead atoms. The summed E-state index contributed by atoms with van der Waals surface area (Å²) in [6.45, 7) is 0. The second-order valence-corrected chi connectivity index (χ2v) is 7.63. The van der Waals surface area contributed by atoms with E-state index >= 15 is 0 Å². The molecule has 0 aromatic heterocycles. The third kappa shape index (κ3) is 4.09. The van der Waals surface area contributed by atoms with Crippen molar-refractivity contribution in [3.8, 4) is 0 Å². The van der Waals surface area contributed by atoms with Crippen molar-refractivity contribution < 1.29 is 0 Å². The maximum atomic E-state index is 6.86. The zero-order valence-corrected chi connectivity index (χ0v) is 13.3. The predicted octanol–water partition coefficient (Wildman–Crippen LogP) is 2.81. The molecule has 0 amide bonds. The number of rotatable bonds is 3. The first-order chi connectivity index (χ1) is 10.9. The highest BCUT2D eigenvalue weighted by molar-refractivity contribution is 6.95. The zero-order valence-electron chi connectivity index (χ0n) is 12.1. The van der Waals surface area contributed by atoms with E-state index in [0.717, 1.165) is 0 Å². The van der Waals surface area contributed by atoms with Gasteiger partial charge in [0.1, 0.15) is 8.80 Å². The van der Waals surface area contributed by atoms with Gasteiger partial charge in [0.25, 0.3) is 0 Å². The van der Waals surface area contributed by atoms with E-state index in [2.05, 4.69) is 91.0 Å². The van der Waals surface area contributed by atoms with Gasteiger partial charge in [0.15, 0.2) is 0 Å². The number of hydrogen-bond acceptors (Lipinski definition) is 1. The van der Waals surface area contributed by atoms with E-state index in [1.807, 2.05) is 0 Å². The van der Waals surface area contributed by atoms with Crippen molar-refractivity contribution in [3.05, 3.63) is 101 Å². The molecule has 0 aliphatic heterocycles. The summed E-state index contributed by atoms with van der Waals surface area (Å²) in [5.41, 5.74) is 12.2. The highest BCUT2D eigenvalue weighted by Crippen LogP contribution is 1.95. The van der Waals surface area contributed by atoms with E-state index in [1.165, 1.54) is 15.6 Å². The molecule has 108 valence electrons. The smallest absolute Gasteiger partial charge is 0.108 e. The normalized spacial score (nSPS) is 9.50. The number of benzene rings is 3. The molecule has 3 nitrogen and oxygen atoms in total. The van der Waals surface area contributed by atoms with Gasteiger partial charge in [-0.3, -0.25) is 0 Å². The Morgan fingerprint density at radius 3 is 1.05 bits per heavy atom. The van der Waals surface area contributed by atoms with Crippen LogP contribution < -0.4 is 15.6 Å². The number of hydrogen-bond donors (Lipinski definition) is 1. The molecule has 0 aliphatic rings. The van der Waals surface area contributed by atoms with Crippen LogP contribution in [0.15, 0.2) is 91.0 Å². The van der Waals surface area contributed by atoms with Gasteiger partial charge in [-0.2, -0.15) is 0 Å². The van der Waals surface area contributed by atoms with E-state index in [1.54, 1.807) is 4.91 Å². The van der Waals surface area contributed by atoms with Gasteiger partial charge in [-0.1, -0.05) is 107 Å². The summed E-state index contributed by atoms with van der Waals surface area (Å²) in [7, 11) is -1.31. The van der Waals surface area contributed by atoms with Crippen LogP contribution in [0, 0.1) is 5.53 Å². The van der Waals surface area contributed by atoms with Crippen LogP contribution >= 0.6 is 0 Å². The molecule has 0 atom stereocenters. The SMILES string of the molecule is [N-]=[N+]=N.c1ccc([SiH](c2ccccc2)c2ccccc2)cc1. The van der Waals surface area contributed by atoms with Gasteiger partial charge in [0.05, 0.1) is 0 Å². The van der Waals surface area contributed by atoms with Gasteiger partial charge >= 0.3 is 0 Å². The van der Waals surface area contributed by atoms with Crippen molar-refractivity contribution in [2.75, 3.05) is 0 Å². The maximum Gasteiger partial charge on any atom is 0.132 e. The van der Waals surface area contributed by atoms with Crippen LogP contribution in [0.25, 0.3) is 10.4 Å². The number of nitrogens with zero attached hydrogens (tertiary/aromatic N) is 2. The van der Waals surface area contributed by atoms with E-state index in [4.69, 9.17) is 11.1 Å². The Bertz CT molecular complexity index is 615. The van der Waals surface area contributed by atoms with Crippen LogP contribution in [-0.4, -0.2) is 8.80 Å². The second kappa shape index (κ2) is 8.47. The summed E-state index contributed by atoms with van der Waals surface area (Å²) in [6.07, 6.45) is 0. The van der Waals surface area contributed by atoms with Crippen LogP contribution in [0.2, 0.25) is 0 Å². The molecule has 1 N–H and O–H groups in total. The molecule has 0 saturated heterocycles. The average Bonchev–Trinajstić information content (AvgIpc) is 2.59. The van der Waals surface area contributed by atoms with Crippen molar-refractivity contribution in [1.29, 1.82) is 5.53 Å². The molecule has 3 rings (SSSR count). The van der Waals surface area contributed by atoms with Gasteiger partial charge < -0.3 is 0 Å². The van der Waals surface area contributed by atoms with Gasteiger partial charge in [0.2, 0.25) is 0 Å². The molecule has 3 aromatic rings. The van der Waals surface area contributed by atoms with Gasteiger partial charge in [-0.05, 0) is 10.4 Å². The first-order valence-corrected chi connectivity index (χ1v) is 8.75. The van der Waals surface area contributed by atoms with Crippen LogP contribution in [-0.2, 0) is 0 Å². The predicted molar refractivity (Wildman–Crippen MR) is 94.8 cm³/mol. The maximum absolute atomic E-state index is 6.86. The van der Waals surface area contributed by atoms with Gasteiger partial charge in [-0.15, -0.1) is 5.53 Å². The standard InChI is InChI=1S/C18H16Si.HN3/c1-4-10-16(11-5-1)19(17-12-6-2-7-13-17)18-14-8-3-9-15-18;1-3-2/h1-15,19H;1H. The fourth-order valence-electron chi connectivity index (χ4n) is 2.51. The summed E-state index contributed by atoms with van der Waals surface area (Å²) in [5.74, 6) is 0. The largest absolute Gasteiger partial charge is 0.132 e. The fraction of sp³-hybridized carbons (Fsp3) is 0. The lowest BCUT2D eigenvalue weighted by Gasteiger charge is -2.16. The number of nitrogens with one attached hydrogen (secondary N) is 1. The summed E-state index contributed by atoms with van der Waals surface area (Å²) in [4.78, 5) is 1.75. The monoisotopic (exact) mass is 303 g/mol. The molecule has 4 heteroatoms. The minimum Gasteiger partial charge on any atom is -0.108 e. The summed E-state index contributed by atoms with van der Waals surface area (Å²) in [5, 5.41) is 4.42. The Morgan fingerprint density at radius 1 is 0.591 bits per heavy atom. The molecule has 0 unspecified atom stereocenters. The molecular formula is C18H17N3Si. The first-order valence-electron chi connectivity index (χ1n) is 7.02. The fourth-order valence-corrected chi connectivity index (χ4v) is 5.49. The lowest BCUT2D eigenvalue weighted by molar-refractivity contribution is 1.45. The molecule has 0 spiro atoms. The Labute approximate surface area is 131 Å². The highest BCUT2D eigenvalue weighted by atomic mass is 28.3. The van der Waals surface area contributed by atoms with Gasteiger partial charge in [0, 0.05) is 0 Å². The quantitative estimate of drug-likeness (QED) is 0.254. The van der Waals surface area contributed by atoms with Gasteiger partial charge in [-0.25, -0.2) is 0 Å². The van der Waals surface area contributed by atoms with Crippen molar-refractivity contribution in [2.45, 2.75) is 0 Å². The van der Waals surface area contributed by atoms with Crippen molar-refractivity contribution in [3.63, 3.8) is 0 Å². The van der Waals surface area contributed by atoms with Crippen molar-refractivity contribution in [1.82, 2.24) is 0 Å². The van der Waals surface area contributed by atoms with Crippen LogP contribution in [0.5, 0.6) is 0 Å². The summed E-state index contributed by atoms with van der Waals surface area (Å²) >= 11 is 0. The van der Waals surface area contributed by atoms with E-state index in [0.29, 0.717) is 0 Å². The topological polar surface area (TPSA) is 60.3 Å². The molecule has 0 aliphatic carbocycles. The molecule has 0 heterocycles. The minimum absolute atomic E-state index is 1.31. The zero-order chi connectivity index (χ0) is 15.6. The lowest BCUT2D eigenvalue weighted by Crippen LogP contribution is -2.51. The lowest BCUT2D eigenvalue weighted by atomic mass is 10.3. The third-order valence-electron chi connectivity index (χ3n) is 3.40. The average molecular weight is 303 g/mol. The van der Waals surface area contributed by atoms with Crippen LogP contribution in [0.3, 0.4) is 0 Å². The van der Waals surface area contributed by atoms with E-state index < -0.39 is 8.80 Å². The third-order valence-corrected chi connectivity index (χ3v) is 6.55. The van der Waals surface area contributed by atoms with Crippen LogP contribution in [0.1, 0.15) is 0 Å². The molecule has 0 radical (unpaired) electrons. The highest BCUT2D eigenvalue weighted by Gasteiger charge is 2.17. The Morgan fingerprint density at radius 2 is 0.818 bits per heavy atom. The van der Waals surface area contributed by atoms with Crippen molar-refractivity contribution in [2.24, 2.45) is 0 Å². The van der Waals surface area contributed by atoms with E-state index in [-0.39, 0.29) is 0 Å². The molecule has 0 fully saturated rings. The minimum atomic E-state index is -1.31. The second-order valence-electron chi connectivity index (χ2n) is 4.77.